The standard InChI is InChI=1S/C13H19N3/c1-4-7-16-12-6-5-9(2)8-11(12)15-13(16)10(3)14/h5-6,8,10H,4,7,14H2,1-3H3. The lowest BCUT2D eigenvalue weighted by atomic mass is 10.2. The van der Waals surface area contributed by atoms with Crippen molar-refractivity contribution in [3.63, 3.8) is 0 Å². The highest BCUT2D eigenvalue weighted by molar-refractivity contribution is 5.77. The smallest absolute Gasteiger partial charge is 0.126 e. The fourth-order valence-corrected chi connectivity index (χ4v) is 2.06. The van der Waals surface area contributed by atoms with E-state index in [0.29, 0.717) is 0 Å². The van der Waals surface area contributed by atoms with Gasteiger partial charge in [0.15, 0.2) is 0 Å². The van der Waals surface area contributed by atoms with Crippen molar-refractivity contribution in [2.45, 2.75) is 39.8 Å². The van der Waals surface area contributed by atoms with Crippen LogP contribution in [0.25, 0.3) is 11.0 Å². The molecule has 3 heteroatoms. The fraction of sp³-hybridized carbons (Fsp3) is 0.462. The minimum Gasteiger partial charge on any atom is -0.327 e. The van der Waals surface area contributed by atoms with Gasteiger partial charge in [0.1, 0.15) is 5.82 Å². The number of hydrogen-bond donors (Lipinski definition) is 1. The van der Waals surface area contributed by atoms with Gasteiger partial charge in [0.05, 0.1) is 17.1 Å². The number of aromatic nitrogens is 2. The van der Waals surface area contributed by atoms with Crippen molar-refractivity contribution in [3.05, 3.63) is 29.6 Å². The van der Waals surface area contributed by atoms with E-state index in [1.165, 1.54) is 11.1 Å². The van der Waals surface area contributed by atoms with E-state index in [-0.39, 0.29) is 6.04 Å². The molecule has 16 heavy (non-hydrogen) atoms. The van der Waals surface area contributed by atoms with Crippen LogP contribution in [0, 0.1) is 6.92 Å². The molecule has 2 rings (SSSR count). The van der Waals surface area contributed by atoms with Gasteiger partial charge in [-0.05, 0) is 38.0 Å². The highest BCUT2D eigenvalue weighted by Crippen LogP contribution is 2.21. The topological polar surface area (TPSA) is 43.8 Å². The van der Waals surface area contributed by atoms with Gasteiger partial charge in [-0.25, -0.2) is 4.98 Å². The molecule has 1 aromatic heterocycles. The van der Waals surface area contributed by atoms with Gasteiger partial charge in [0.2, 0.25) is 0 Å². The van der Waals surface area contributed by atoms with E-state index in [2.05, 4.69) is 41.6 Å². The first-order chi connectivity index (χ1) is 7.63. The molecule has 0 saturated heterocycles. The molecule has 86 valence electrons. The molecule has 0 radical (unpaired) electrons. The van der Waals surface area contributed by atoms with Crippen molar-refractivity contribution in [2.75, 3.05) is 0 Å². The molecule has 0 aliphatic rings. The van der Waals surface area contributed by atoms with Gasteiger partial charge in [-0.3, -0.25) is 0 Å². The number of rotatable bonds is 3. The average Bonchev–Trinajstić information content (AvgIpc) is 2.57. The summed E-state index contributed by atoms with van der Waals surface area (Å²) in [6.45, 7) is 7.23. The van der Waals surface area contributed by atoms with Gasteiger partial charge in [-0.15, -0.1) is 0 Å². The Kier molecular flexibility index (Phi) is 2.97. The Balaban J connectivity index is 2.65. The van der Waals surface area contributed by atoms with Crippen LogP contribution < -0.4 is 5.73 Å². The van der Waals surface area contributed by atoms with Crippen LogP contribution in [0.3, 0.4) is 0 Å². The second kappa shape index (κ2) is 4.26. The van der Waals surface area contributed by atoms with Crippen molar-refractivity contribution in [2.24, 2.45) is 5.73 Å². The maximum absolute atomic E-state index is 5.96. The number of fused-ring (bicyclic) bond motifs is 1. The fourth-order valence-electron chi connectivity index (χ4n) is 2.06. The lowest BCUT2D eigenvalue weighted by molar-refractivity contribution is 0.613. The van der Waals surface area contributed by atoms with E-state index < -0.39 is 0 Å². The predicted molar refractivity (Wildman–Crippen MR) is 67.4 cm³/mol. The van der Waals surface area contributed by atoms with Gasteiger partial charge >= 0.3 is 0 Å². The molecule has 0 amide bonds. The van der Waals surface area contributed by atoms with Crippen molar-refractivity contribution in [1.29, 1.82) is 0 Å². The molecule has 0 aliphatic carbocycles. The molecule has 0 aliphatic heterocycles. The largest absolute Gasteiger partial charge is 0.327 e. The number of hydrogen-bond acceptors (Lipinski definition) is 2. The van der Waals surface area contributed by atoms with Gasteiger partial charge in [-0.2, -0.15) is 0 Å². The first kappa shape index (κ1) is 11.1. The Morgan fingerprint density at radius 1 is 1.44 bits per heavy atom. The van der Waals surface area contributed by atoms with Crippen LogP contribution in [-0.2, 0) is 6.54 Å². The van der Waals surface area contributed by atoms with E-state index in [1.807, 2.05) is 6.92 Å². The maximum Gasteiger partial charge on any atom is 0.126 e. The quantitative estimate of drug-likeness (QED) is 0.859. The van der Waals surface area contributed by atoms with Crippen LogP contribution in [-0.4, -0.2) is 9.55 Å². The summed E-state index contributed by atoms with van der Waals surface area (Å²) >= 11 is 0. The van der Waals surface area contributed by atoms with Gasteiger partial charge in [-0.1, -0.05) is 13.0 Å². The Hall–Kier alpha value is -1.35. The van der Waals surface area contributed by atoms with Gasteiger partial charge in [0, 0.05) is 6.54 Å². The second-order valence-corrected chi connectivity index (χ2v) is 4.40. The minimum atomic E-state index is -0.0146. The zero-order chi connectivity index (χ0) is 11.7. The number of imidazole rings is 1. The van der Waals surface area contributed by atoms with Crippen LogP contribution in [0.2, 0.25) is 0 Å². The molecule has 2 aromatic rings. The van der Waals surface area contributed by atoms with Crippen LogP contribution in [0.4, 0.5) is 0 Å². The second-order valence-electron chi connectivity index (χ2n) is 4.40. The SMILES string of the molecule is CCCn1c(C(C)N)nc2cc(C)ccc21. The Labute approximate surface area is 96.3 Å². The molecule has 3 nitrogen and oxygen atoms in total. The van der Waals surface area contributed by atoms with E-state index in [4.69, 9.17) is 5.73 Å². The molecule has 1 atom stereocenters. The van der Waals surface area contributed by atoms with Gasteiger partial charge in [0.25, 0.3) is 0 Å². The van der Waals surface area contributed by atoms with Crippen molar-refractivity contribution in [1.82, 2.24) is 9.55 Å². The Bertz CT molecular complexity index is 497. The van der Waals surface area contributed by atoms with Gasteiger partial charge < -0.3 is 10.3 Å². The average molecular weight is 217 g/mol. The summed E-state index contributed by atoms with van der Waals surface area (Å²) in [7, 11) is 0. The molecular formula is C13H19N3. The summed E-state index contributed by atoms with van der Waals surface area (Å²) < 4.78 is 2.24. The zero-order valence-electron chi connectivity index (χ0n) is 10.2. The Morgan fingerprint density at radius 2 is 2.19 bits per heavy atom. The predicted octanol–water partition coefficient (Wildman–Crippen LogP) is 2.77. The monoisotopic (exact) mass is 217 g/mol. The summed E-state index contributed by atoms with van der Waals surface area (Å²) in [4.78, 5) is 4.63. The zero-order valence-corrected chi connectivity index (χ0v) is 10.2. The summed E-state index contributed by atoms with van der Waals surface area (Å²) in [6.07, 6.45) is 1.10. The van der Waals surface area contributed by atoms with Crippen LogP contribution >= 0.6 is 0 Å². The summed E-state index contributed by atoms with van der Waals surface area (Å²) in [6, 6.07) is 6.37. The van der Waals surface area contributed by atoms with E-state index in [9.17, 15) is 0 Å². The molecule has 1 unspecified atom stereocenters. The molecule has 0 saturated carbocycles. The lowest BCUT2D eigenvalue weighted by Crippen LogP contribution is -2.13. The van der Waals surface area contributed by atoms with Crippen LogP contribution in [0.15, 0.2) is 18.2 Å². The number of aryl methyl sites for hydroxylation is 2. The third-order valence-corrected chi connectivity index (χ3v) is 2.79. The number of nitrogens with zero attached hydrogens (tertiary/aromatic N) is 2. The van der Waals surface area contributed by atoms with Crippen molar-refractivity contribution >= 4 is 11.0 Å². The third-order valence-electron chi connectivity index (χ3n) is 2.79. The minimum absolute atomic E-state index is 0.0146. The highest BCUT2D eigenvalue weighted by atomic mass is 15.1. The van der Waals surface area contributed by atoms with Crippen molar-refractivity contribution in [3.8, 4) is 0 Å². The van der Waals surface area contributed by atoms with Crippen LogP contribution in [0.1, 0.15) is 37.7 Å². The third kappa shape index (κ3) is 1.83. The Morgan fingerprint density at radius 3 is 2.81 bits per heavy atom. The molecule has 2 N–H and O–H groups in total. The lowest BCUT2D eigenvalue weighted by Gasteiger charge is -2.09. The molecule has 0 bridgehead atoms. The molecule has 1 aromatic carbocycles. The van der Waals surface area contributed by atoms with E-state index in [1.54, 1.807) is 0 Å². The summed E-state index contributed by atoms with van der Waals surface area (Å²) in [5.74, 6) is 0.988. The molecular weight excluding hydrogens is 198 g/mol. The summed E-state index contributed by atoms with van der Waals surface area (Å²) in [5.41, 5.74) is 9.45. The van der Waals surface area contributed by atoms with Crippen LogP contribution in [0.5, 0.6) is 0 Å². The number of nitrogens with two attached hydrogens (primary N) is 1. The first-order valence-corrected chi connectivity index (χ1v) is 5.86. The van der Waals surface area contributed by atoms with E-state index in [0.717, 1.165) is 24.3 Å². The number of benzene rings is 1. The molecule has 0 fully saturated rings. The van der Waals surface area contributed by atoms with E-state index >= 15 is 0 Å². The normalized spacial score (nSPS) is 13.2. The molecule has 1 heterocycles. The highest BCUT2D eigenvalue weighted by Gasteiger charge is 2.12. The van der Waals surface area contributed by atoms with Crippen molar-refractivity contribution < 1.29 is 0 Å². The first-order valence-electron chi connectivity index (χ1n) is 5.86. The summed E-state index contributed by atoms with van der Waals surface area (Å²) in [5, 5.41) is 0. The molecule has 0 spiro atoms. The maximum atomic E-state index is 5.96.